The molecule has 31 heavy (non-hydrogen) atoms. The first-order valence-corrected chi connectivity index (χ1v) is 12.2. The Morgan fingerprint density at radius 2 is 1.52 bits per heavy atom. The normalized spacial score (nSPS) is 18.8. The van der Waals surface area contributed by atoms with E-state index in [1.807, 2.05) is 19.1 Å². The van der Waals surface area contributed by atoms with Crippen LogP contribution in [0.1, 0.15) is 106 Å². The first kappa shape index (κ1) is 23.6. The molecule has 0 spiro atoms. The molecule has 2 aromatic rings. The maximum Gasteiger partial charge on any atom is 0.170 e. The predicted octanol–water partition coefficient (Wildman–Crippen LogP) is 8.86. The summed E-state index contributed by atoms with van der Waals surface area (Å²) in [6.45, 7) is 4.22. The van der Waals surface area contributed by atoms with E-state index in [4.69, 9.17) is 0 Å². The van der Waals surface area contributed by atoms with Gasteiger partial charge in [-0.2, -0.15) is 0 Å². The zero-order chi connectivity index (χ0) is 22.2. The van der Waals surface area contributed by atoms with Crippen molar-refractivity contribution in [2.45, 2.75) is 90.4 Å². The minimum Gasteiger partial charge on any atom is -0.294 e. The number of ketones is 1. The molecule has 0 atom stereocenters. The van der Waals surface area contributed by atoms with Crippen molar-refractivity contribution in [1.29, 1.82) is 0 Å². The van der Waals surface area contributed by atoms with Crippen LogP contribution in [0.5, 0.6) is 0 Å². The Morgan fingerprint density at radius 3 is 2.16 bits per heavy atom. The van der Waals surface area contributed by atoms with Gasteiger partial charge in [-0.1, -0.05) is 76.3 Å². The van der Waals surface area contributed by atoms with E-state index in [-0.39, 0.29) is 23.3 Å². The highest BCUT2D eigenvalue weighted by Gasteiger charge is 2.23. The lowest BCUT2D eigenvalue weighted by atomic mass is 9.77. The fourth-order valence-corrected chi connectivity index (χ4v) is 4.86. The molecule has 0 aromatic heterocycles. The second kappa shape index (κ2) is 11.5. The van der Waals surface area contributed by atoms with Crippen LogP contribution in [0, 0.1) is 17.6 Å². The van der Waals surface area contributed by atoms with Crippen LogP contribution < -0.4 is 0 Å². The minimum absolute atomic E-state index is 0.137. The van der Waals surface area contributed by atoms with Gasteiger partial charge in [-0.05, 0) is 61.1 Å². The minimum atomic E-state index is -1.02. The van der Waals surface area contributed by atoms with Gasteiger partial charge in [-0.15, -0.1) is 0 Å². The van der Waals surface area contributed by atoms with Crippen LogP contribution in [-0.2, 0) is 0 Å². The van der Waals surface area contributed by atoms with E-state index in [1.54, 1.807) is 0 Å². The molecular weight excluding hydrogens is 390 g/mol. The number of hydrogen-bond donors (Lipinski definition) is 0. The van der Waals surface area contributed by atoms with E-state index in [0.29, 0.717) is 17.9 Å². The molecule has 1 nitrogen and oxygen atoms in total. The largest absolute Gasteiger partial charge is 0.294 e. The Bertz CT molecular complexity index is 848. The molecule has 2 aromatic carbocycles. The summed E-state index contributed by atoms with van der Waals surface area (Å²) >= 11 is 0. The van der Waals surface area contributed by atoms with Crippen LogP contribution in [0.2, 0.25) is 0 Å². The van der Waals surface area contributed by atoms with Gasteiger partial charge >= 0.3 is 0 Å². The summed E-state index contributed by atoms with van der Waals surface area (Å²) < 4.78 is 29.3. The Morgan fingerprint density at radius 1 is 0.839 bits per heavy atom. The molecular formula is C28H36F2O. The van der Waals surface area contributed by atoms with Gasteiger partial charge in [0.2, 0.25) is 0 Å². The number of halogens is 2. The van der Waals surface area contributed by atoms with Crippen molar-refractivity contribution in [3.05, 3.63) is 59.2 Å². The summed E-state index contributed by atoms with van der Waals surface area (Å²) in [6, 6.07) is 10.9. The SMILES string of the molecule is CCCCCC1CCC(c2ccc(-c3ccc(C(=O)CCCC)c(F)c3F)cc2)CC1. The van der Waals surface area contributed by atoms with Crippen molar-refractivity contribution >= 4 is 5.78 Å². The van der Waals surface area contributed by atoms with E-state index in [0.717, 1.165) is 12.3 Å². The zero-order valence-electron chi connectivity index (χ0n) is 19.1. The predicted molar refractivity (Wildman–Crippen MR) is 124 cm³/mol. The molecule has 0 bridgehead atoms. The molecule has 1 aliphatic carbocycles. The summed E-state index contributed by atoms with van der Waals surface area (Å²) in [5.74, 6) is -0.841. The highest BCUT2D eigenvalue weighted by Crippen LogP contribution is 2.38. The summed E-state index contributed by atoms with van der Waals surface area (Å²) in [5, 5.41) is 0. The number of Topliss-reactive ketones (excluding diaryl/α,β-unsaturated/α-hetero) is 1. The molecule has 1 saturated carbocycles. The van der Waals surface area contributed by atoms with E-state index in [9.17, 15) is 13.6 Å². The Kier molecular flexibility index (Phi) is 8.80. The van der Waals surface area contributed by atoms with Crippen molar-refractivity contribution in [2.75, 3.05) is 0 Å². The standard InChI is InChI=1S/C28H36F2O/c1-3-5-7-8-20-10-12-21(13-11-20)22-14-16-23(17-15-22)24-18-19-25(28(30)27(24)29)26(31)9-6-4-2/h14-21H,3-13H2,1-2H3. The molecule has 3 heteroatoms. The number of unbranched alkanes of at least 4 members (excludes halogenated alkanes) is 3. The lowest BCUT2D eigenvalue weighted by Gasteiger charge is -2.29. The van der Waals surface area contributed by atoms with Gasteiger partial charge in [0.1, 0.15) is 0 Å². The maximum atomic E-state index is 14.7. The zero-order valence-corrected chi connectivity index (χ0v) is 19.1. The van der Waals surface area contributed by atoms with Gasteiger partial charge in [-0.25, -0.2) is 8.78 Å². The van der Waals surface area contributed by atoms with Crippen molar-refractivity contribution in [2.24, 2.45) is 5.92 Å². The average molecular weight is 427 g/mol. The van der Waals surface area contributed by atoms with Crippen LogP contribution >= 0.6 is 0 Å². The average Bonchev–Trinajstić information content (AvgIpc) is 2.80. The highest BCUT2D eigenvalue weighted by molar-refractivity contribution is 5.96. The number of hydrogen-bond acceptors (Lipinski definition) is 1. The fourth-order valence-electron chi connectivity index (χ4n) is 4.86. The molecule has 0 heterocycles. The van der Waals surface area contributed by atoms with Gasteiger partial charge in [0.05, 0.1) is 5.56 Å². The molecule has 0 radical (unpaired) electrons. The van der Waals surface area contributed by atoms with Crippen LogP contribution in [0.3, 0.4) is 0 Å². The summed E-state index contributed by atoms with van der Waals surface area (Å²) in [5.41, 5.74) is 2.03. The lowest BCUT2D eigenvalue weighted by molar-refractivity contribution is 0.0975. The Balaban J connectivity index is 1.65. The molecule has 168 valence electrons. The summed E-state index contributed by atoms with van der Waals surface area (Å²) in [4.78, 5) is 12.1. The van der Waals surface area contributed by atoms with Crippen LogP contribution in [0.4, 0.5) is 8.78 Å². The van der Waals surface area contributed by atoms with Crippen molar-refractivity contribution < 1.29 is 13.6 Å². The molecule has 0 N–H and O–H groups in total. The number of rotatable bonds is 10. The molecule has 3 rings (SSSR count). The van der Waals surface area contributed by atoms with E-state index in [2.05, 4.69) is 19.1 Å². The molecule has 1 aliphatic rings. The number of benzene rings is 2. The first-order valence-electron chi connectivity index (χ1n) is 12.2. The van der Waals surface area contributed by atoms with Crippen molar-refractivity contribution in [3.63, 3.8) is 0 Å². The Labute approximate surface area is 186 Å². The molecule has 1 fully saturated rings. The van der Waals surface area contributed by atoms with Crippen LogP contribution in [0.15, 0.2) is 36.4 Å². The van der Waals surface area contributed by atoms with E-state index in [1.165, 1.54) is 69.1 Å². The summed E-state index contributed by atoms with van der Waals surface area (Å²) in [7, 11) is 0. The third kappa shape index (κ3) is 6.02. The lowest BCUT2D eigenvalue weighted by Crippen LogP contribution is -2.13. The van der Waals surface area contributed by atoms with E-state index < -0.39 is 11.6 Å². The van der Waals surface area contributed by atoms with Gasteiger partial charge in [-0.3, -0.25) is 4.79 Å². The molecule has 0 saturated heterocycles. The van der Waals surface area contributed by atoms with Gasteiger partial charge < -0.3 is 0 Å². The van der Waals surface area contributed by atoms with Gasteiger partial charge in [0.25, 0.3) is 0 Å². The monoisotopic (exact) mass is 426 g/mol. The fraction of sp³-hybridized carbons (Fsp3) is 0.536. The van der Waals surface area contributed by atoms with E-state index >= 15 is 0 Å². The summed E-state index contributed by atoms with van der Waals surface area (Å²) in [6.07, 6.45) is 12.1. The van der Waals surface area contributed by atoms with Gasteiger partial charge in [0.15, 0.2) is 17.4 Å². The molecule has 0 aliphatic heterocycles. The smallest absolute Gasteiger partial charge is 0.170 e. The van der Waals surface area contributed by atoms with Crippen LogP contribution in [-0.4, -0.2) is 5.78 Å². The van der Waals surface area contributed by atoms with Gasteiger partial charge in [0, 0.05) is 12.0 Å². The molecule has 0 amide bonds. The number of carbonyl (C=O) groups is 1. The van der Waals surface area contributed by atoms with Crippen molar-refractivity contribution in [1.82, 2.24) is 0 Å². The van der Waals surface area contributed by atoms with Crippen molar-refractivity contribution in [3.8, 4) is 11.1 Å². The molecule has 0 unspecified atom stereocenters. The number of carbonyl (C=O) groups excluding carboxylic acids is 1. The quantitative estimate of drug-likeness (QED) is 0.274. The third-order valence-electron chi connectivity index (χ3n) is 6.90. The third-order valence-corrected chi connectivity index (χ3v) is 6.90. The highest BCUT2D eigenvalue weighted by atomic mass is 19.2. The Hall–Kier alpha value is -2.03. The first-order chi connectivity index (χ1) is 15.0. The second-order valence-corrected chi connectivity index (χ2v) is 9.15. The van der Waals surface area contributed by atoms with Crippen LogP contribution in [0.25, 0.3) is 11.1 Å². The maximum absolute atomic E-state index is 14.7. The second-order valence-electron chi connectivity index (χ2n) is 9.15. The topological polar surface area (TPSA) is 17.1 Å².